The number of hydrogen-bond donors (Lipinski definition) is 2. The SMILES string of the molecule is NCC#Cc1cc(C(=O)N2CCOCC2CO)cs1. The van der Waals surface area contributed by atoms with Crippen molar-refractivity contribution in [2.24, 2.45) is 5.73 Å². The average Bonchev–Trinajstić information content (AvgIpc) is 2.93. The van der Waals surface area contributed by atoms with Gasteiger partial charge in [0, 0.05) is 11.9 Å². The molecule has 1 aromatic rings. The van der Waals surface area contributed by atoms with Gasteiger partial charge in [0.1, 0.15) is 0 Å². The topological polar surface area (TPSA) is 75.8 Å². The fourth-order valence-electron chi connectivity index (χ4n) is 1.89. The molecule has 0 radical (unpaired) electrons. The molecule has 1 aromatic heterocycles. The molecule has 2 heterocycles. The van der Waals surface area contributed by atoms with Crippen LogP contribution < -0.4 is 5.73 Å². The summed E-state index contributed by atoms with van der Waals surface area (Å²) in [6.45, 7) is 1.61. The molecule has 6 heteroatoms. The van der Waals surface area contributed by atoms with Gasteiger partial charge in [0.05, 0.1) is 42.8 Å². The van der Waals surface area contributed by atoms with E-state index < -0.39 is 0 Å². The highest BCUT2D eigenvalue weighted by atomic mass is 32.1. The molecular formula is C13H16N2O3S. The number of aliphatic hydroxyl groups is 1. The number of carbonyl (C=O) groups excluding carboxylic acids is 1. The van der Waals surface area contributed by atoms with E-state index in [0.717, 1.165) is 4.88 Å². The van der Waals surface area contributed by atoms with E-state index in [1.807, 2.05) is 0 Å². The summed E-state index contributed by atoms with van der Waals surface area (Å²) < 4.78 is 5.26. The van der Waals surface area contributed by atoms with Crippen molar-refractivity contribution in [1.29, 1.82) is 0 Å². The van der Waals surface area contributed by atoms with Gasteiger partial charge in [-0.05, 0) is 6.07 Å². The first-order valence-corrected chi connectivity index (χ1v) is 6.91. The summed E-state index contributed by atoms with van der Waals surface area (Å²) in [5.74, 6) is 5.58. The van der Waals surface area contributed by atoms with Gasteiger partial charge in [-0.2, -0.15) is 0 Å². The zero-order chi connectivity index (χ0) is 13.7. The molecule has 0 aliphatic carbocycles. The molecule has 1 aliphatic heterocycles. The van der Waals surface area contributed by atoms with E-state index in [9.17, 15) is 9.90 Å². The third kappa shape index (κ3) is 3.33. The van der Waals surface area contributed by atoms with E-state index in [4.69, 9.17) is 10.5 Å². The van der Waals surface area contributed by atoms with Crippen molar-refractivity contribution in [2.75, 3.05) is 32.9 Å². The van der Waals surface area contributed by atoms with Crippen molar-refractivity contribution in [3.63, 3.8) is 0 Å². The molecule has 1 amide bonds. The number of thiophene rings is 1. The number of morpholine rings is 1. The number of ether oxygens (including phenoxy) is 1. The number of amides is 1. The van der Waals surface area contributed by atoms with Gasteiger partial charge in [-0.1, -0.05) is 11.8 Å². The molecule has 1 aliphatic rings. The Labute approximate surface area is 116 Å². The predicted octanol–water partition coefficient (Wildman–Crippen LogP) is -0.108. The van der Waals surface area contributed by atoms with Crippen LogP contribution in [0.25, 0.3) is 0 Å². The maximum Gasteiger partial charge on any atom is 0.255 e. The van der Waals surface area contributed by atoms with Crippen molar-refractivity contribution in [1.82, 2.24) is 4.90 Å². The van der Waals surface area contributed by atoms with Gasteiger partial charge in [-0.15, -0.1) is 11.3 Å². The Kier molecular flexibility index (Phi) is 4.93. The first-order valence-electron chi connectivity index (χ1n) is 6.03. The molecule has 2 rings (SSSR count). The van der Waals surface area contributed by atoms with Crippen molar-refractivity contribution in [3.8, 4) is 11.8 Å². The Hall–Kier alpha value is -1.39. The zero-order valence-electron chi connectivity index (χ0n) is 10.5. The van der Waals surface area contributed by atoms with Gasteiger partial charge in [-0.25, -0.2) is 0 Å². The molecule has 1 unspecified atom stereocenters. The van der Waals surface area contributed by atoms with Crippen LogP contribution in [0.15, 0.2) is 11.4 Å². The summed E-state index contributed by atoms with van der Waals surface area (Å²) in [7, 11) is 0. The van der Waals surface area contributed by atoms with Crippen LogP contribution in [-0.2, 0) is 4.74 Å². The maximum absolute atomic E-state index is 12.3. The highest BCUT2D eigenvalue weighted by molar-refractivity contribution is 7.10. The predicted molar refractivity (Wildman–Crippen MR) is 73.0 cm³/mol. The largest absolute Gasteiger partial charge is 0.394 e. The average molecular weight is 280 g/mol. The second-order valence-corrected chi connectivity index (χ2v) is 5.03. The first kappa shape index (κ1) is 14.0. The Morgan fingerprint density at radius 2 is 2.53 bits per heavy atom. The molecule has 5 nitrogen and oxygen atoms in total. The normalized spacial score (nSPS) is 18.8. The minimum Gasteiger partial charge on any atom is -0.394 e. The molecule has 1 saturated heterocycles. The van der Waals surface area contributed by atoms with E-state index >= 15 is 0 Å². The summed E-state index contributed by atoms with van der Waals surface area (Å²) >= 11 is 1.42. The molecule has 1 fully saturated rings. The minimum absolute atomic E-state index is 0.0839. The molecule has 1 atom stereocenters. The van der Waals surface area contributed by atoms with Gasteiger partial charge >= 0.3 is 0 Å². The highest BCUT2D eigenvalue weighted by Gasteiger charge is 2.27. The third-order valence-electron chi connectivity index (χ3n) is 2.86. The molecule has 0 aromatic carbocycles. The maximum atomic E-state index is 12.3. The summed E-state index contributed by atoms with van der Waals surface area (Å²) in [6.07, 6.45) is 0. The quantitative estimate of drug-likeness (QED) is 0.741. The number of rotatable bonds is 2. The van der Waals surface area contributed by atoms with E-state index in [1.54, 1.807) is 16.3 Å². The number of nitrogens with two attached hydrogens (primary N) is 1. The minimum atomic E-state index is -0.264. The molecule has 0 spiro atoms. The van der Waals surface area contributed by atoms with Crippen LogP contribution in [0.2, 0.25) is 0 Å². The summed E-state index contributed by atoms with van der Waals surface area (Å²) in [5, 5.41) is 11.1. The lowest BCUT2D eigenvalue weighted by Crippen LogP contribution is -2.50. The molecule has 3 N–H and O–H groups in total. The smallest absolute Gasteiger partial charge is 0.255 e. The van der Waals surface area contributed by atoms with Crippen molar-refractivity contribution < 1.29 is 14.6 Å². The van der Waals surface area contributed by atoms with Crippen LogP contribution >= 0.6 is 11.3 Å². The van der Waals surface area contributed by atoms with Crippen LogP contribution in [0.5, 0.6) is 0 Å². The lowest BCUT2D eigenvalue weighted by atomic mass is 10.2. The molecule has 0 saturated carbocycles. The number of nitrogens with zero attached hydrogens (tertiary/aromatic N) is 1. The van der Waals surface area contributed by atoms with Gasteiger partial charge in [0.15, 0.2) is 0 Å². The molecule has 19 heavy (non-hydrogen) atoms. The van der Waals surface area contributed by atoms with E-state index in [0.29, 0.717) is 31.9 Å². The lowest BCUT2D eigenvalue weighted by Gasteiger charge is -2.34. The van der Waals surface area contributed by atoms with Gasteiger partial charge in [-0.3, -0.25) is 4.79 Å². The fraction of sp³-hybridized carbons (Fsp3) is 0.462. The monoisotopic (exact) mass is 280 g/mol. The van der Waals surface area contributed by atoms with E-state index in [-0.39, 0.29) is 18.6 Å². The van der Waals surface area contributed by atoms with Crippen LogP contribution in [0, 0.1) is 11.8 Å². The third-order valence-corrected chi connectivity index (χ3v) is 3.70. The molecular weight excluding hydrogens is 264 g/mol. The fourth-order valence-corrected chi connectivity index (χ4v) is 2.64. The van der Waals surface area contributed by atoms with Crippen molar-refractivity contribution in [3.05, 3.63) is 21.9 Å². The molecule has 102 valence electrons. The van der Waals surface area contributed by atoms with E-state index in [2.05, 4.69) is 11.8 Å². The van der Waals surface area contributed by atoms with Crippen molar-refractivity contribution >= 4 is 17.2 Å². The van der Waals surface area contributed by atoms with Gasteiger partial charge in [0.2, 0.25) is 0 Å². The first-order chi connectivity index (χ1) is 9.26. The second kappa shape index (κ2) is 6.68. The Bertz CT molecular complexity index is 503. The number of aliphatic hydroxyl groups excluding tert-OH is 1. The summed E-state index contributed by atoms with van der Waals surface area (Å²) in [6, 6.07) is 1.50. The standard InChI is InChI=1S/C13H16N2O3S/c14-3-1-2-12-6-10(9-19-12)13(17)15-4-5-18-8-11(15)7-16/h6,9,11,16H,3-5,7-8,14H2. The van der Waals surface area contributed by atoms with Gasteiger partial charge < -0.3 is 20.5 Å². The summed E-state index contributed by atoms with van der Waals surface area (Å²) in [4.78, 5) is 14.8. The van der Waals surface area contributed by atoms with Gasteiger partial charge in [0.25, 0.3) is 5.91 Å². The Morgan fingerprint density at radius 1 is 1.68 bits per heavy atom. The van der Waals surface area contributed by atoms with Crippen molar-refractivity contribution in [2.45, 2.75) is 6.04 Å². The van der Waals surface area contributed by atoms with Crippen LogP contribution in [-0.4, -0.2) is 54.9 Å². The van der Waals surface area contributed by atoms with Crippen LogP contribution in [0.3, 0.4) is 0 Å². The lowest BCUT2D eigenvalue weighted by molar-refractivity contribution is -0.0183. The number of hydrogen-bond acceptors (Lipinski definition) is 5. The second-order valence-electron chi connectivity index (χ2n) is 4.12. The van der Waals surface area contributed by atoms with Crippen LogP contribution in [0.1, 0.15) is 15.2 Å². The Morgan fingerprint density at radius 3 is 3.26 bits per heavy atom. The van der Waals surface area contributed by atoms with E-state index in [1.165, 1.54) is 11.3 Å². The molecule has 0 bridgehead atoms. The summed E-state index contributed by atoms with van der Waals surface area (Å²) in [5.41, 5.74) is 5.91. The zero-order valence-corrected chi connectivity index (χ0v) is 11.3. The Balaban J connectivity index is 2.12. The highest BCUT2D eigenvalue weighted by Crippen LogP contribution is 2.18. The number of carbonyl (C=O) groups is 1. The van der Waals surface area contributed by atoms with Crippen LogP contribution in [0.4, 0.5) is 0 Å².